The van der Waals surface area contributed by atoms with E-state index in [1.165, 1.54) is 116 Å². The maximum atomic E-state index is 11.0. The summed E-state index contributed by atoms with van der Waals surface area (Å²) >= 11 is 0. The van der Waals surface area contributed by atoms with Gasteiger partial charge < -0.3 is 14.9 Å². The Morgan fingerprint density at radius 1 is 0.622 bits per heavy atom. The third-order valence-corrected chi connectivity index (χ3v) is 7.43. The van der Waals surface area contributed by atoms with Crippen LogP contribution < -0.4 is 4.74 Å². The molecule has 0 unspecified atom stereocenters. The van der Waals surface area contributed by atoms with Gasteiger partial charge in [0, 0.05) is 0 Å². The van der Waals surface area contributed by atoms with Crippen molar-refractivity contribution in [2.24, 2.45) is 0 Å². The van der Waals surface area contributed by atoms with Crippen LogP contribution >= 0.6 is 0 Å². The number of aliphatic carboxylic acids is 1. The lowest BCUT2D eigenvalue weighted by atomic mass is 9.97. The maximum Gasteiger partial charge on any atom is 0.306 e. The molecule has 0 aromatic heterocycles. The normalized spacial score (nSPS) is 11.2. The van der Waals surface area contributed by atoms with E-state index >= 15 is 0 Å². The van der Waals surface area contributed by atoms with Crippen molar-refractivity contribution in [3.8, 4) is 11.5 Å². The van der Waals surface area contributed by atoms with Crippen LogP contribution in [0, 0.1) is 0 Å². The number of aromatic hydroxyl groups is 1. The monoisotopic (exact) mass is 518 g/mol. The molecule has 37 heavy (non-hydrogen) atoms. The summed E-state index contributed by atoms with van der Waals surface area (Å²) in [5, 5.41) is 19.9. The molecule has 2 N–H and O–H groups in total. The van der Waals surface area contributed by atoms with Crippen LogP contribution in [0.3, 0.4) is 0 Å². The van der Waals surface area contributed by atoms with Gasteiger partial charge >= 0.3 is 5.97 Å². The van der Waals surface area contributed by atoms with E-state index < -0.39 is 5.97 Å². The standard InChI is InChI=1S/C33H58O4/c1-3-5-7-9-11-13-15-17-19-21-23-29-27-31(37-26-25-32(34)35)28-30(33(29)36)24-22-20-18-16-14-12-10-8-6-4-2/h27-28,36H,3-26H2,1-2H3,(H,34,35). The molecule has 1 aromatic carbocycles. The highest BCUT2D eigenvalue weighted by Gasteiger charge is 2.12. The van der Waals surface area contributed by atoms with Crippen LogP contribution in [0.4, 0.5) is 0 Å². The molecule has 0 spiro atoms. The van der Waals surface area contributed by atoms with E-state index in [2.05, 4.69) is 13.8 Å². The molecule has 0 aliphatic carbocycles. The smallest absolute Gasteiger partial charge is 0.306 e. The fourth-order valence-electron chi connectivity index (χ4n) is 5.05. The largest absolute Gasteiger partial charge is 0.507 e. The summed E-state index contributed by atoms with van der Waals surface area (Å²) in [5.41, 5.74) is 1.91. The number of phenolic OH excluding ortho intramolecular Hbond substituents is 1. The summed E-state index contributed by atoms with van der Waals surface area (Å²) < 4.78 is 5.76. The topological polar surface area (TPSA) is 66.8 Å². The third kappa shape index (κ3) is 18.2. The van der Waals surface area contributed by atoms with E-state index in [1.807, 2.05) is 12.1 Å². The van der Waals surface area contributed by atoms with Crippen molar-refractivity contribution in [2.75, 3.05) is 6.61 Å². The van der Waals surface area contributed by atoms with Gasteiger partial charge in [0.1, 0.15) is 11.5 Å². The summed E-state index contributed by atoms with van der Waals surface area (Å²) in [5.74, 6) is 0.274. The Morgan fingerprint density at radius 3 is 1.32 bits per heavy atom. The highest BCUT2D eigenvalue weighted by molar-refractivity contribution is 5.66. The lowest BCUT2D eigenvalue weighted by Gasteiger charge is -2.14. The number of phenols is 1. The first-order chi connectivity index (χ1) is 18.1. The summed E-state index contributed by atoms with van der Waals surface area (Å²) in [6, 6.07) is 3.85. The molecule has 0 heterocycles. The number of carbonyl (C=O) groups is 1. The molecule has 0 saturated heterocycles. The Morgan fingerprint density at radius 2 is 0.973 bits per heavy atom. The second-order valence-corrected chi connectivity index (χ2v) is 10.9. The lowest BCUT2D eigenvalue weighted by molar-refractivity contribution is -0.137. The number of rotatable bonds is 26. The fraction of sp³-hybridized carbons (Fsp3) is 0.788. The Bertz CT molecular complexity index is 640. The number of hydrogen-bond acceptors (Lipinski definition) is 3. The summed E-state index contributed by atoms with van der Waals surface area (Å²) in [6.45, 7) is 4.68. The van der Waals surface area contributed by atoms with Crippen molar-refractivity contribution in [3.63, 3.8) is 0 Å². The SMILES string of the molecule is CCCCCCCCCCCCc1cc(OCCC(=O)O)cc(CCCCCCCCCCCC)c1O. The van der Waals surface area contributed by atoms with E-state index in [0.29, 0.717) is 11.5 Å². The minimum atomic E-state index is -0.852. The van der Waals surface area contributed by atoms with Crippen LogP contribution in [0.25, 0.3) is 0 Å². The molecule has 4 heteroatoms. The molecule has 0 fully saturated rings. The highest BCUT2D eigenvalue weighted by Crippen LogP contribution is 2.31. The number of hydrogen-bond donors (Lipinski definition) is 2. The van der Waals surface area contributed by atoms with Gasteiger partial charge in [-0.05, 0) is 48.9 Å². The molecular weight excluding hydrogens is 460 g/mol. The molecule has 214 valence electrons. The first-order valence-electron chi connectivity index (χ1n) is 15.8. The molecule has 0 atom stereocenters. The molecule has 0 saturated carbocycles. The van der Waals surface area contributed by atoms with Crippen molar-refractivity contribution < 1.29 is 19.7 Å². The van der Waals surface area contributed by atoms with Crippen LogP contribution in [-0.2, 0) is 17.6 Å². The van der Waals surface area contributed by atoms with Gasteiger partial charge in [0.25, 0.3) is 0 Å². The molecule has 0 radical (unpaired) electrons. The van der Waals surface area contributed by atoms with Crippen molar-refractivity contribution in [1.82, 2.24) is 0 Å². The summed E-state index contributed by atoms with van der Waals surface area (Å²) in [6.07, 6.45) is 27.6. The van der Waals surface area contributed by atoms with Gasteiger partial charge in [-0.2, -0.15) is 0 Å². The van der Waals surface area contributed by atoms with E-state index in [1.54, 1.807) is 0 Å². The average Bonchev–Trinajstić information content (AvgIpc) is 2.88. The lowest BCUT2D eigenvalue weighted by Crippen LogP contribution is -2.05. The van der Waals surface area contributed by atoms with E-state index in [9.17, 15) is 9.90 Å². The minimum absolute atomic E-state index is 0.0115. The molecular formula is C33H58O4. The number of aryl methyl sites for hydroxylation is 2. The Hall–Kier alpha value is -1.71. The van der Waals surface area contributed by atoms with E-state index in [4.69, 9.17) is 9.84 Å². The third-order valence-electron chi connectivity index (χ3n) is 7.43. The number of carboxylic acid groups (broad SMARTS) is 1. The molecule has 0 aliphatic heterocycles. The van der Waals surface area contributed by atoms with Crippen LogP contribution in [0.15, 0.2) is 12.1 Å². The quantitative estimate of drug-likeness (QED) is 0.120. The Kier molecular flexibility index (Phi) is 21.1. The van der Waals surface area contributed by atoms with Crippen LogP contribution in [-0.4, -0.2) is 22.8 Å². The number of ether oxygens (including phenoxy) is 1. The van der Waals surface area contributed by atoms with Gasteiger partial charge in [-0.15, -0.1) is 0 Å². The van der Waals surface area contributed by atoms with Gasteiger partial charge in [-0.25, -0.2) is 0 Å². The molecule has 0 aliphatic rings. The number of carboxylic acids is 1. The zero-order valence-electron chi connectivity index (χ0n) is 24.3. The van der Waals surface area contributed by atoms with Gasteiger partial charge in [0.2, 0.25) is 0 Å². The zero-order valence-corrected chi connectivity index (χ0v) is 24.3. The predicted octanol–water partition coefficient (Wildman–Crippen LogP) is 10.2. The second kappa shape index (κ2) is 23.4. The van der Waals surface area contributed by atoms with Gasteiger partial charge in [0.05, 0.1) is 13.0 Å². The summed E-state index contributed by atoms with van der Waals surface area (Å²) in [7, 11) is 0. The number of unbranched alkanes of at least 4 members (excludes halogenated alkanes) is 18. The Labute approximate surface area is 228 Å². The first-order valence-corrected chi connectivity index (χ1v) is 15.8. The van der Waals surface area contributed by atoms with Crippen LogP contribution in [0.1, 0.15) is 160 Å². The molecule has 0 bridgehead atoms. The zero-order chi connectivity index (χ0) is 27.0. The van der Waals surface area contributed by atoms with Gasteiger partial charge in [-0.1, -0.05) is 129 Å². The van der Waals surface area contributed by atoms with Crippen molar-refractivity contribution in [3.05, 3.63) is 23.3 Å². The van der Waals surface area contributed by atoms with Crippen molar-refractivity contribution >= 4 is 5.97 Å². The van der Waals surface area contributed by atoms with Gasteiger partial charge in [0.15, 0.2) is 0 Å². The predicted molar refractivity (Wildman–Crippen MR) is 157 cm³/mol. The van der Waals surface area contributed by atoms with Crippen molar-refractivity contribution in [2.45, 2.75) is 162 Å². The van der Waals surface area contributed by atoms with Crippen LogP contribution in [0.2, 0.25) is 0 Å². The minimum Gasteiger partial charge on any atom is -0.507 e. The number of benzene rings is 1. The van der Waals surface area contributed by atoms with E-state index in [0.717, 1.165) is 36.8 Å². The molecule has 0 amide bonds. The van der Waals surface area contributed by atoms with E-state index in [-0.39, 0.29) is 13.0 Å². The highest BCUT2D eigenvalue weighted by atomic mass is 16.5. The van der Waals surface area contributed by atoms with Crippen LogP contribution in [0.5, 0.6) is 11.5 Å². The summed E-state index contributed by atoms with van der Waals surface area (Å²) in [4.78, 5) is 10.9. The second-order valence-electron chi connectivity index (χ2n) is 10.9. The van der Waals surface area contributed by atoms with Gasteiger partial charge in [-0.3, -0.25) is 4.79 Å². The first kappa shape index (κ1) is 33.3. The van der Waals surface area contributed by atoms with Crippen molar-refractivity contribution in [1.29, 1.82) is 0 Å². The Balaban J connectivity index is 2.44. The molecule has 1 rings (SSSR count). The fourth-order valence-corrected chi connectivity index (χ4v) is 5.05. The molecule has 4 nitrogen and oxygen atoms in total. The molecule has 1 aromatic rings. The average molecular weight is 519 g/mol. The maximum absolute atomic E-state index is 11.0.